The summed E-state index contributed by atoms with van der Waals surface area (Å²) in [7, 11) is 1.49. The number of hydrogen-bond donors (Lipinski definition) is 3. The molecule has 0 saturated carbocycles. The van der Waals surface area contributed by atoms with Gasteiger partial charge >= 0.3 is 12.0 Å². The SMILES string of the molecule is CC1=CN(C)C(=O)C(NC(=O)N[C@@H](CC(=O)O)c2cccc(-c3ccc(C)cc3)c2)C1=O. The number of aryl methyl sites for hydroxylation is 1. The van der Waals surface area contributed by atoms with E-state index in [1.807, 2.05) is 43.3 Å². The van der Waals surface area contributed by atoms with Crippen LogP contribution < -0.4 is 10.6 Å². The molecule has 0 saturated heterocycles. The fourth-order valence-electron chi connectivity index (χ4n) is 3.53. The summed E-state index contributed by atoms with van der Waals surface area (Å²) >= 11 is 0. The predicted octanol–water partition coefficient (Wildman–Crippen LogP) is 2.79. The average molecular weight is 435 g/mol. The van der Waals surface area contributed by atoms with Gasteiger partial charge in [-0.3, -0.25) is 14.4 Å². The zero-order valence-electron chi connectivity index (χ0n) is 18.1. The molecule has 0 aromatic heterocycles. The van der Waals surface area contributed by atoms with Crippen molar-refractivity contribution < 1.29 is 24.3 Å². The zero-order chi connectivity index (χ0) is 23.4. The fourth-order valence-corrected chi connectivity index (χ4v) is 3.53. The van der Waals surface area contributed by atoms with E-state index in [4.69, 9.17) is 0 Å². The van der Waals surface area contributed by atoms with Crippen LogP contribution in [-0.4, -0.2) is 46.8 Å². The molecule has 1 heterocycles. The standard InChI is InChI=1S/C24H25N3O5/c1-14-7-9-16(10-8-14)17-5-4-6-18(11-17)19(12-20(28)29)25-24(32)26-21-22(30)15(2)13-27(3)23(21)31/h4-11,13,19,21H,12H2,1-3H3,(H,28,29)(H2,25,26,32)/t19-,21?/m0/s1. The van der Waals surface area contributed by atoms with Crippen LogP contribution in [-0.2, 0) is 14.4 Å². The van der Waals surface area contributed by atoms with Gasteiger partial charge in [0.2, 0.25) is 0 Å². The van der Waals surface area contributed by atoms with Crippen molar-refractivity contribution in [2.24, 2.45) is 0 Å². The molecule has 1 unspecified atom stereocenters. The van der Waals surface area contributed by atoms with Crippen LogP contribution in [0, 0.1) is 6.92 Å². The van der Waals surface area contributed by atoms with E-state index in [1.165, 1.54) is 18.1 Å². The van der Waals surface area contributed by atoms with Crippen LogP contribution in [0.5, 0.6) is 0 Å². The van der Waals surface area contributed by atoms with Gasteiger partial charge in [0, 0.05) is 18.8 Å². The number of hydrogen-bond acceptors (Lipinski definition) is 4. The predicted molar refractivity (Wildman–Crippen MR) is 119 cm³/mol. The second-order valence-electron chi connectivity index (χ2n) is 7.82. The molecule has 2 atom stereocenters. The molecule has 0 radical (unpaired) electrons. The molecular weight excluding hydrogens is 410 g/mol. The smallest absolute Gasteiger partial charge is 0.316 e. The number of ketones is 1. The maximum atomic E-state index is 12.6. The first-order valence-corrected chi connectivity index (χ1v) is 10.1. The zero-order valence-corrected chi connectivity index (χ0v) is 18.1. The summed E-state index contributed by atoms with van der Waals surface area (Å²) in [5.41, 5.74) is 3.88. The minimum atomic E-state index is -1.35. The summed E-state index contributed by atoms with van der Waals surface area (Å²) in [6.07, 6.45) is 1.04. The van der Waals surface area contributed by atoms with Crippen molar-refractivity contribution in [3.63, 3.8) is 0 Å². The molecule has 2 aromatic rings. The maximum absolute atomic E-state index is 12.6. The number of carboxylic acid groups (broad SMARTS) is 1. The van der Waals surface area contributed by atoms with E-state index in [0.717, 1.165) is 16.7 Å². The van der Waals surface area contributed by atoms with E-state index in [0.29, 0.717) is 11.1 Å². The molecule has 2 aromatic carbocycles. The molecule has 3 rings (SSSR count). The van der Waals surface area contributed by atoms with Gasteiger partial charge in [-0.15, -0.1) is 0 Å². The quantitative estimate of drug-likeness (QED) is 0.604. The van der Waals surface area contributed by atoms with E-state index in [1.54, 1.807) is 19.1 Å². The number of carboxylic acids is 1. The second-order valence-corrected chi connectivity index (χ2v) is 7.82. The summed E-state index contributed by atoms with van der Waals surface area (Å²) in [5, 5.41) is 14.3. The fraction of sp³-hybridized carbons (Fsp3) is 0.250. The van der Waals surface area contributed by atoms with Gasteiger partial charge in [-0.1, -0.05) is 48.0 Å². The summed E-state index contributed by atoms with van der Waals surface area (Å²) in [6.45, 7) is 3.55. The Morgan fingerprint density at radius 2 is 1.75 bits per heavy atom. The first-order valence-electron chi connectivity index (χ1n) is 10.1. The molecule has 1 aliphatic rings. The Kier molecular flexibility index (Phi) is 6.73. The highest BCUT2D eigenvalue weighted by Gasteiger charge is 2.35. The lowest BCUT2D eigenvalue weighted by Gasteiger charge is -2.27. The second kappa shape index (κ2) is 9.47. The van der Waals surface area contributed by atoms with Crippen molar-refractivity contribution in [3.05, 3.63) is 71.4 Å². The third kappa shape index (κ3) is 5.21. The summed E-state index contributed by atoms with van der Waals surface area (Å²) in [4.78, 5) is 49.9. The first-order chi connectivity index (χ1) is 15.2. The van der Waals surface area contributed by atoms with Gasteiger partial charge in [0.25, 0.3) is 5.91 Å². The Balaban J connectivity index is 1.81. The molecule has 3 amide bonds. The summed E-state index contributed by atoms with van der Waals surface area (Å²) in [6, 6.07) is 12.1. The molecule has 166 valence electrons. The third-order valence-electron chi connectivity index (χ3n) is 5.27. The Hall–Kier alpha value is -3.94. The topological polar surface area (TPSA) is 116 Å². The number of nitrogens with zero attached hydrogens (tertiary/aromatic N) is 1. The number of nitrogens with one attached hydrogen (secondary N) is 2. The lowest BCUT2D eigenvalue weighted by Crippen LogP contribution is -2.56. The van der Waals surface area contributed by atoms with Crippen LogP contribution in [0.2, 0.25) is 0 Å². The number of aliphatic carboxylic acids is 1. The number of benzene rings is 2. The van der Waals surface area contributed by atoms with E-state index in [9.17, 15) is 24.3 Å². The largest absolute Gasteiger partial charge is 0.481 e. The number of carbonyl (C=O) groups is 4. The lowest BCUT2D eigenvalue weighted by molar-refractivity contribution is -0.138. The molecule has 0 fully saturated rings. The normalized spacial score (nSPS) is 16.9. The number of rotatable bonds is 6. The monoisotopic (exact) mass is 435 g/mol. The lowest BCUT2D eigenvalue weighted by atomic mass is 9.97. The minimum absolute atomic E-state index is 0.338. The van der Waals surface area contributed by atoms with E-state index < -0.39 is 35.8 Å². The van der Waals surface area contributed by atoms with Gasteiger partial charge in [-0.05, 0) is 36.6 Å². The molecule has 8 nitrogen and oxygen atoms in total. The van der Waals surface area contributed by atoms with Crippen molar-refractivity contribution in [1.29, 1.82) is 0 Å². The van der Waals surface area contributed by atoms with Crippen molar-refractivity contribution in [2.75, 3.05) is 7.05 Å². The molecule has 0 spiro atoms. The van der Waals surface area contributed by atoms with Gasteiger partial charge in [0.15, 0.2) is 11.8 Å². The van der Waals surface area contributed by atoms with Gasteiger partial charge in [0.05, 0.1) is 12.5 Å². The minimum Gasteiger partial charge on any atom is -0.481 e. The average Bonchev–Trinajstić information content (AvgIpc) is 2.75. The Morgan fingerprint density at radius 1 is 1.06 bits per heavy atom. The van der Waals surface area contributed by atoms with E-state index in [-0.39, 0.29) is 6.42 Å². The molecule has 8 heteroatoms. The van der Waals surface area contributed by atoms with Crippen LogP contribution in [0.1, 0.15) is 30.5 Å². The Morgan fingerprint density at radius 3 is 2.41 bits per heavy atom. The molecule has 3 N–H and O–H groups in total. The summed E-state index contributed by atoms with van der Waals surface area (Å²) < 4.78 is 0. The van der Waals surface area contributed by atoms with Gasteiger partial charge in [-0.2, -0.15) is 0 Å². The van der Waals surface area contributed by atoms with Gasteiger partial charge in [0.1, 0.15) is 0 Å². The van der Waals surface area contributed by atoms with Crippen LogP contribution in [0.3, 0.4) is 0 Å². The van der Waals surface area contributed by atoms with Crippen LogP contribution in [0.4, 0.5) is 4.79 Å². The van der Waals surface area contributed by atoms with Gasteiger partial charge < -0.3 is 20.6 Å². The Labute approximate surface area is 185 Å². The third-order valence-corrected chi connectivity index (χ3v) is 5.27. The number of carbonyl (C=O) groups excluding carboxylic acids is 3. The van der Waals surface area contributed by atoms with E-state index >= 15 is 0 Å². The van der Waals surface area contributed by atoms with Gasteiger partial charge in [-0.25, -0.2) is 4.79 Å². The number of urea groups is 1. The highest BCUT2D eigenvalue weighted by Crippen LogP contribution is 2.25. The number of Topliss-reactive ketones (excluding diaryl/α,β-unsaturated/α-hetero) is 1. The highest BCUT2D eigenvalue weighted by atomic mass is 16.4. The van der Waals surface area contributed by atoms with Crippen molar-refractivity contribution in [2.45, 2.75) is 32.4 Å². The Bertz CT molecular complexity index is 1090. The molecule has 32 heavy (non-hydrogen) atoms. The van der Waals surface area contributed by atoms with Crippen molar-refractivity contribution in [3.8, 4) is 11.1 Å². The maximum Gasteiger partial charge on any atom is 0.316 e. The number of amides is 3. The highest BCUT2D eigenvalue weighted by molar-refractivity contribution is 6.16. The number of likely N-dealkylation sites (N-methyl/N-ethyl adjacent to an activating group) is 1. The molecule has 1 aliphatic heterocycles. The molecular formula is C24H25N3O5. The van der Waals surface area contributed by atoms with Crippen LogP contribution >= 0.6 is 0 Å². The summed E-state index contributed by atoms with van der Waals surface area (Å²) in [5.74, 6) is -2.16. The molecule has 0 aliphatic carbocycles. The first kappa shape index (κ1) is 22.7. The van der Waals surface area contributed by atoms with Crippen LogP contribution in [0.15, 0.2) is 60.3 Å². The molecule has 0 bridgehead atoms. The van der Waals surface area contributed by atoms with Crippen molar-refractivity contribution in [1.82, 2.24) is 15.5 Å². The van der Waals surface area contributed by atoms with E-state index in [2.05, 4.69) is 10.6 Å². The van der Waals surface area contributed by atoms with Crippen LogP contribution in [0.25, 0.3) is 11.1 Å². The van der Waals surface area contributed by atoms with Crippen molar-refractivity contribution >= 4 is 23.7 Å².